The number of halogens is 2. The van der Waals surface area contributed by atoms with E-state index in [1.165, 1.54) is 25.4 Å². The normalized spacial score (nSPS) is 14.0. The molecule has 5 rings (SSSR count). The van der Waals surface area contributed by atoms with Crippen LogP contribution in [0.5, 0.6) is 17.6 Å². The van der Waals surface area contributed by atoms with Crippen LogP contribution in [0, 0.1) is 5.82 Å². The average Bonchev–Trinajstić information content (AvgIpc) is 3.33. The topological polar surface area (TPSA) is 109 Å². The molecule has 1 fully saturated rings. The maximum Gasteiger partial charge on any atom is 0.318 e. The molecule has 1 aromatic carbocycles. The lowest BCUT2D eigenvalue weighted by atomic mass is 10.2. The van der Waals surface area contributed by atoms with Crippen LogP contribution in [0.25, 0.3) is 21.8 Å². The van der Waals surface area contributed by atoms with E-state index in [0.29, 0.717) is 53.8 Å². The standard InChI is InChI=1S/C22H19ClFN7O3/c1-3-16(32)30-6-8-31(9-7-30)20-12-4-5-25-21(18(12)27-22(28-20)33-2)34-19-13-11-26-29-15(13)10-14(24)17(19)23/h3-5,10-11H,1,6-9H2,2H3,(H,26,29). The molecule has 4 heterocycles. The van der Waals surface area contributed by atoms with Gasteiger partial charge in [-0.15, -0.1) is 0 Å². The summed E-state index contributed by atoms with van der Waals surface area (Å²) in [5, 5.41) is 7.60. The minimum atomic E-state index is -0.659. The Morgan fingerprint density at radius 1 is 1.26 bits per heavy atom. The quantitative estimate of drug-likeness (QED) is 0.430. The van der Waals surface area contributed by atoms with E-state index in [2.05, 4.69) is 31.7 Å². The predicted octanol–water partition coefficient (Wildman–Crippen LogP) is 3.33. The summed E-state index contributed by atoms with van der Waals surface area (Å²) in [7, 11) is 1.46. The van der Waals surface area contributed by atoms with E-state index in [1.54, 1.807) is 17.2 Å². The number of ether oxygens (including phenoxy) is 2. The SMILES string of the molecule is C=CC(=O)N1CCN(c2nc(OC)nc3c(Oc4c(Cl)c(F)cc5[nH]ncc45)nccc23)CC1. The summed E-state index contributed by atoms with van der Waals surface area (Å²) in [6, 6.07) is 3.12. The molecule has 1 N–H and O–H groups in total. The van der Waals surface area contributed by atoms with Gasteiger partial charge >= 0.3 is 6.01 Å². The maximum atomic E-state index is 14.4. The fraction of sp³-hybridized carbons (Fsp3) is 0.227. The Morgan fingerprint density at radius 2 is 2.06 bits per heavy atom. The van der Waals surface area contributed by atoms with Crippen LogP contribution >= 0.6 is 11.6 Å². The second-order valence-corrected chi connectivity index (χ2v) is 7.88. The monoisotopic (exact) mass is 483 g/mol. The molecule has 1 aliphatic rings. The van der Waals surface area contributed by atoms with Gasteiger partial charge in [0.2, 0.25) is 11.8 Å². The number of benzene rings is 1. The van der Waals surface area contributed by atoms with E-state index in [-0.39, 0.29) is 28.6 Å². The number of hydrogen-bond acceptors (Lipinski definition) is 8. The molecule has 1 amide bonds. The van der Waals surface area contributed by atoms with Crippen LogP contribution in [0.4, 0.5) is 10.2 Å². The van der Waals surface area contributed by atoms with Crippen molar-refractivity contribution in [3.63, 3.8) is 0 Å². The van der Waals surface area contributed by atoms with Crippen molar-refractivity contribution in [2.45, 2.75) is 0 Å². The van der Waals surface area contributed by atoms with Crippen molar-refractivity contribution in [2.24, 2.45) is 0 Å². The molecular weight excluding hydrogens is 465 g/mol. The molecule has 0 spiro atoms. The Morgan fingerprint density at radius 3 is 2.79 bits per heavy atom. The van der Waals surface area contributed by atoms with Crippen molar-refractivity contribution >= 4 is 45.1 Å². The summed E-state index contributed by atoms with van der Waals surface area (Å²) in [6.45, 7) is 5.69. The van der Waals surface area contributed by atoms with Crippen molar-refractivity contribution < 1.29 is 18.7 Å². The number of anilines is 1. The third kappa shape index (κ3) is 3.73. The first kappa shape index (κ1) is 21.8. The van der Waals surface area contributed by atoms with Crippen LogP contribution in [-0.4, -0.2) is 69.2 Å². The van der Waals surface area contributed by atoms with Crippen LogP contribution in [0.3, 0.4) is 0 Å². The van der Waals surface area contributed by atoms with E-state index < -0.39 is 5.82 Å². The number of carbonyl (C=O) groups excluding carboxylic acids is 1. The van der Waals surface area contributed by atoms with E-state index in [4.69, 9.17) is 21.1 Å². The lowest BCUT2D eigenvalue weighted by Gasteiger charge is -2.35. The highest BCUT2D eigenvalue weighted by Gasteiger charge is 2.25. The fourth-order valence-electron chi connectivity index (χ4n) is 3.87. The summed E-state index contributed by atoms with van der Waals surface area (Å²) in [5.74, 6) is 0.0188. The molecule has 0 aliphatic carbocycles. The Balaban J connectivity index is 1.57. The van der Waals surface area contributed by atoms with Gasteiger partial charge in [-0.2, -0.15) is 15.1 Å². The largest absolute Gasteiger partial charge is 0.467 e. The second-order valence-electron chi connectivity index (χ2n) is 7.50. The number of methoxy groups -OCH3 is 1. The summed E-state index contributed by atoms with van der Waals surface area (Å²) < 4.78 is 25.7. The number of nitrogens with zero attached hydrogens (tertiary/aromatic N) is 6. The number of rotatable bonds is 5. The zero-order valence-electron chi connectivity index (χ0n) is 18.1. The van der Waals surface area contributed by atoms with E-state index >= 15 is 0 Å². The molecule has 0 bridgehead atoms. The number of piperazine rings is 1. The van der Waals surface area contributed by atoms with Crippen LogP contribution in [0.2, 0.25) is 5.02 Å². The first-order chi connectivity index (χ1) is 16.5. The number of nitrogens with one attached hydrogen (secondary N) is 1. The fourth-order valence-corrected chi connectivity index (χ4v) is 4.06. The smallest absolute Gasteiger partial charge is 0.318 e. The van der Waals surface area contributed by atoms with Gasteiger partial charge in [-0.3, -0.25) is 9.89 Å². The Kier molecular flexibility index (Phi) is 5.62. The number of aromatic amines is 1. The van der Waals surface area contributed by atoms with Crippen molar-refractivity contribution in [3.8, 4) is 17.6 Å². The number of pyridine rings is 1. The van der Waals surface area contributed by atoms with Gasteiger partial charge in [-0.05, 0) is 12.1 Å². The van der Waals surface area contributed by atoms with Gasteiger partial charge in [-0.1, -0.05) is 18.2 Å². The molecule has 0 radical (unpaired) electrons. The number of fused-ring (bicyclic) bond motifs is 2. The molecule has 0 unspecified atom stereocenters. The summed E-state index contributed by atoms with van der Waals surface area (Å²) in [6.07, 6.45) is 4.35. The summed E-state index contributed by atoms with van der Waals surface area (Å²) in [4.78, 5) is 29.0. The van der Waals surface area contributed by atoms with Gasteiger partial charge in [0.25, 0.3) is 0 Å². The Hall–Kier alpha value is -3.99. The molecule has 4 aromatic rings. The van der Waals surface area contributed by atoms with Gasteiger partial charge in [0.15, 0.2) is 5.75 Å². The van der Waals surface area contributed by atoms with Crippen LogP contribution in [0.1, 0.15) is 0 Å². The highest BCUT2D eigenvalue weighted by atomic mass is 35.5. The molecule has 10 nitrogen and oxygen atoms in total. The predicted molar refractivity (Wildman–Crippen MR) is 124 cm³/mol. The third-order valence-corrected chi connectivity index (χ3v) is 5.93. The van der Waals surface area contributed by atoms with Gasteiger partial charge in [-0.25, -0.2) is 9.37 Å². The average molecular weight is 484 g/mol. The highest BCUT2D eigenvalue weighted by Crippen LogP contribution is 2.40. The Labute approximate surface area is 198 Å². The molecule has 1 saturated heterocycles. The minimum absolute atomic E-state index is 0.0705. The maximum absolute atomic E-state index is 14.4. The number of carbonyl (C=O) groups is 1. The van der Waals surface area contributed by atoms with Gasteiger partial charge in [0.05, 0.1) is 29.6 Å². The number of H-pyrrole nitrogens is 1. The van der Waals surface area contributed by atoms with Crippen LogP contribution in [-0.2, 0) is 4.79 Å². The number of hydrogen-bond donors (Lipinski definition) is 1. The van der Waals surface area contributed by atoms with Crippen molar-refractivity contribution in [3.05, 3.63) is 48.0 Å². The third-order valence-electron chi connectivity index (χ3n) is 5.58. The molecular formula is C22H19ClFN7O3. The lowest BCUT2D eigenvalue weighted by Crippen LogP contribution is -2.48. The summed E-state index contributed by atoms with van der Waals surface area (Å²) in [5.41, 5.74) is 0.794. The Bertz CT molecular complexity index is 1420. The minimum Gasteiger partial charge on any atom is -0.467 e. The molecule has 0 atom stereocenters. The van der Waals surface area contributed by atoms with Crippen molar-refractivity contribution in [2.75, 3.05) is 38.2 Å². The lowest BCUT2D eigenvalue weighted by molar-refractivity contribution is -0.126. The molecule has 12 heteroatoms. The van der Waals surface area contributed by atoms with Crippen molar-refractivity contribution in [1.29, 1.82) is 0 Å². The van der Waals surface area contributed by atoms with Gasteiger partial charge in [0, 0.05) is 38.4 Å². The van der Waals surface area contributed by atoms with Crippen LogP contribution in [0.15, 0.2) is 37.2 Å². The van der Waals surface area contributed by atoms with E-state index in [9.17, 15) is 9.18 Å². The van der Waals surface area contributed by atoms with Gasteiger partial charge < -0.3 is 19.3 Å². The van der Waals surface area contributed by atoms with E-state index in [0.717, 1.165) is 0 Å². The highest BCUT2D eigenvalue weighted by molar-refractivity contribution is 6.33. The molecule has 34 heavy (non-hydrogen) atoms. The van der Waals surface area contributed by atoms with Crippen molar-refractivity contribution in [1.82, 2.24) is 30.0 Å². The zero-order valence-corrected chi connectivity index (χ0v) is 18.8. The first-order valence-corrected chi connectivity index (χ1v) is 10.7. The van der Waals surface area contributed by atoms with E-state index in [1.807, 2.05) is 4.90 Å². The number of amides is 1. The van der Waals surface area contributed by atoms with Gasteiger partial charge in [0.1, 0.15) is 22.2 Å². The zero-order chi connectivity index (χ0) is 23.8. The molecule has 1 aliphatic heterocycles. The number of aromatic nitrogens is 5. The molecule has 0 saturated carbocycles. The summed E-state index contributed by atoms with van der Waals surface area (Å²) >= 11 is 6.22. The second kappa shape index (κ2) is 8.75. The molecule has 3 aromatic heterocycles. The first-order valence-electron chi connectivity index (χ1n) is 10.4. The van der Waals surface area contributed by atoms with Crippen LogP contribution < -0.4 is 14.4 Å². The molecule has 174 valence electrons.